The molecule has 0 fully saturated rings. The number of benzene rings is 3. The Labute approximate surface area is 168 Å². The standard InChI is InChI=1S/C23H22N2O4/c1-15(23(28)29)17-10-7-11-18(14-17)21(16-8-3-2-4-9-16)24-25-22(27)19-12-5-6-13-20(19)26/h2-15,21,24,26H,1H3,(H,25,27)(H,28,29). The summed E-state index contributed by atoms with van der Waals surface area (Å²) in [6.07, 6.45) is 0. The monoisotopic (exact) mass is 390 g/mol. The van der Waals surface area contributed by atoms with Gasteiger partial charge in [-0.05, 0) is 35.7 Å². The molecule has 0 aliphatic rings. The number of carbonyl (C=O) groups is 2. The summed E-state index contributed by atoms with van der Waals surface area (Å²) in [4.78, 5) is 23.8. The molecule has 3 aromatic rings. The maximum atomic E-state index is 12.5. The average Bonchev–Trinajstić information content (AvgIpc) is 2.74. The van der Waals surface area contributed by atoms with E-state index < -0.39 is 23.8 Å². The molecular weight excluding hydrogens is 368 g/mol. The lowest BCUT2D eigenvalue weighted by Crippen LogP contribution is -2.40. The Balaban J connectivity index is 1.89. The van der Waals surface area contributed by atoms with Gasteiger partial charge in [-0.1, -0.05) is 66.7 Å². The number of hydrogen-bond donors (Lipinski definition) is 4. The van der Waals surface area contributed by atoms with Gasteiger partial charge in [0.1, 0.15) is 5.75 Å². The van der Waals surface area contributed by atoms with Gasteiger partial charge in [0.2, 0.25) is 0 Å². The fraction of sp³-hybridized carbons (Fsp3) is 0.130. The predicted octanol–water partition coefficient (Wildman–Crippen LogP) is 3.60. The topological polar surface area (TPSA) is 98.7 Å². The number of rotatable bonds is 7. The number of phenolic OH excluding ortho intramolecular Hbond substituents is 1. The molecule has 0 radical (unpaired) electrons. The molecule has 4 N–H and O–H groups in total. The van der Waals surface area contributed by atoms with Crippen molar-refractivity contribution in [3.05, 3.63) is 101 Å². The Kier molecular flexibility index (Phi) is 6.26. The van der Waals surface area contributed by atoms with E-state index in [0.29, 0.717) is 5.56 Å². The molecule has 0 saturated carbocycles. The second-order valence-corrected chi connectivity index (χ2v) is 6.69. The smallest absolute Gasteiger partial charge is 0.310 e. The first-order valence-corrected chi connectivity index (χ1v) is 9.19. The van der Waals surface area contributed by atoms with Crippen LogP contribution < -0.4 is 10.9 Å². The number of carboxylic acids is 1. The summed E-state index contributed by atoms with van der Waals surface area (Å²) in [5.41, 5.74) is 8.18. The Hall–Kier alpha value is -3.64. The van der Waals surface area contributed by atoms with Gasteiger partial charge >= 0.3 is 5.97 Å². The van der Waals surface area contributed by atoms with Crippen LogP contribution in [0.15, 0.2) is 78.9 Å². The summed E-state index contributed by atoms with van der Waals surface area (Å²) < 4.78 is 0. The molecule has 3 aromatic carbocycles. The zero-order valence-electron chi connectivity index (χ0n) is 15.9. The molecular formula is C23H22N2O4. The number of hydrazine groups is 1. The molecule has 2 atom stereocenters. The molecule has 0 bridgehead atoms. The van der Waals surface area contributed by atoms with E-state index in [4.69, 9.17) is 0 Å². The van der Waals surface area contributed by atoms with Crippen molar-refractivity contribution in [2.45, 2.75) is 18.9 Å². The maximum Gasteiger partial charge on any atom is 0.310 e. The van der Waals surface area contributed by atoms with Crippen LogP contribution in [0.3, 0.4) is 0 Å². The zero-order valence-corrected chi connectivity index (χ0v) is 15.9. The van der Waals surface area contributed by atoms with E-state index in [9.17, 15) is 19.8 Å². The third kappa shape index (κ3) is 4.80. The minimum Gasteiger partial charge on any atom is -0.507 e. The summed E-state index contributed by atoms with van der Waals surface area (Å²) in [5.74, 6) is -2.14. The van der Waals surface area contributed by atoms with Crippen LogP contribution in [0.2, 0.25) is 0 Å². The number of para-hydroxylation sites is 1. The molecule has 0 heterocycles. The largest absolute Gasteiger partial charge is 0.507 e. The van der Waals surface area contributed by atoms with E-state index in [2.05, 4.69) is 10.9 Å². The minimum atomic E-state index is -0.903. The molecule has 2 unspecified atom stereocenters. The van der Waals surface area contributed by atoms with E-state index >= 15 is 0 Å². The van der Waals surface area contributed by atoms with Crippen molar-refractivity contribution in [1.29, 1.82) is 0 Å². The maximum absolute atomic E-state index is 12.5. The quantitative estimate of drug-likeness (QED) is 0.462. The Morgan fingerprint density at radius 3 is 2.14 bits per heavy atom. The molecule has 3 rings (SSSR count). The highest BCUT2D eigenvalue weighted by atomic mass is 16.4. The van der Waals surface area contributed by atoms with Gasteiger partial charge in [-0.3, -0.25) is 15.0 Å². The van der Waals surface area contributed by atoms with Crippen molar-refractivity contribution in [2.24, 2.45) is 0 Å². The molecule has 0 aliphatic heterocycles. The summed E-state index contributed by atoms with van der Waals surface area (Å²) in [5, 5.41) is 19.2. The number of amides is 1. The summed E-state index contributed by atoms with van der Waals surface area (Å²) in [6.45, 7) is 1.63. The van der Waals surface area contributed by atoms with Gasteiger partial charge in [-0.15, -0.1) is 0 Å². The molecule has 0 spiro atoms. The molecule has 0 aromatic heterocycles. The number of carbonyl (C=O) groups excluding carboxylic acids is 1. The fourth-order valence-electron chi connectivity index (χ4n) is 3.03. The highest BCUT2D eigenvalue weighted by Gasteiger charge is 2.19. The van der Waals surface area contributed by atoms with Crippen molar-refractivity contribution in [2.75, 3.05) is 0 Å². The SMILES string of the molecule is CC(C(=O)O)c1cccc(C(NNC(=O)c2ccccc2O)c2ccccc2)c1. The number of aromatic hydroxyl groups is 1. The molecule has 6 nitrogen and oxygen atoms in total. The van der Waals surface area contributed by atoms with Crippen LogP contribution >= 0.6 is 0 Å². The van der Waals surface area contributed by atoms with Gasteiger partial charge in [0, 0.05) is 0 Å². The number of hydrogen-bond acceptors (Lipinski definition) is 4. The number of nitrogens with one attached hydrogen (secondary N) is 2. The summed E-state index contributed by atoms with van der Waals surface area (Å²) >= 11 is 0. The van der Waals surface area contributed by atoms with Crippen molar-refractivity contribution < 1.29 is 19.8 Å². The zero-order chi connectivity index (χ0) is 20.8. The number of carboxylic acid groups (broad SMARTS) is 1. The third-order valence-electron chi connectivity index (χ3n) is 4.73. The van der Waals surface area contributed by atoms with Gasteiger partial charge in [0.15, 0.2) is 0 Å². The lowest BCUT2D eigenvalue weighted by molar-refractivity contribution is -0.138. The molecule has 148 valence electrons. The van der Waals surface area contributed by atoms with Gasteiger partial charge in [-0.25, -0.2) is 5.43 Å². The molecule has 6 heteroatoms. The Morgan fingerprint density at radius 1 is 0.828 bits per heavy atom. The van der Waals surface area contributed by atoms with Crippen LogP contribution in [0, 0.1) is 0 Å². The lowest BCUT2D eigenvalue weighted by atomic mass is 9.94. The Morgan fingerprint density at radius 2 is 1.45 bits per heavy atom. The van der Waals surface area contributed by atoms with Crippen LogP contribution in [0.4, 0.5) is 0 Å². The normalized spacial score (nSPS) is 12.7. The molecule has 0 saturated heterocycles. The van der Waals surface area contributed by atoms with Crippen LogP contribution in [0.1, 0.15) is 45.9 Å². The van der Waals surface area contributed by atoms with Crippen LogP contribution in [-0.2, 0) is 4.79 Å². The van der Waals surface area contributed by atoms with Crippen LogP contribution in [0.25, 0.3) is 0 Å². The van der Waals surface area contributed by atoms with E-state index in [1.807, 2.05) is 42.5 Å². The molecule has 0 aliphatic carbocycles. The number of phenols is 1. The lowest BCUT2D eigenvalue weighted by Gasteiger charge is -2.21. The van der Waals surface area contributed by atoms with Gasteiger partial charge < -0.3 is 10.2 Å². The van der Waals surface area contributed by atoms with Crippen molar-refractivity contribution in [3.63, 3.8) is 0 Å². The Bertz CT molecular complexity index is 1000. The minimum absolute atomic E-state index is 0.111. The van der Waals surface area contributed by atoms with Crippen molar-refractivity contribution in [1.82, 2.24) is 10.9 Å². The molecule has 29 heavy (non-hydrogen) atoms. The van der Waals surface area contributed by atoms with E-state index in [0.717, 1.165) is 11.1 Å². The fourth-order valence-corrected chi connectivity index (χ4v) is 3.03. The average molecular weight is 390 g/mol. The van der Waals surface area contributed by atoms with E-state index in [1.165, 1.54) is 12.1 Å². The highest BCUT2D eigenvalue weighted by Crippen LogP contribution is 2.25. The number of aliphatic carboxylic acids is 1. The highest BCUT2D eigenvalue weighted by molar-refractivity contribution is 5.96. The second-order valence-electron chi connectivity index (χ2n) is 6.69. The third-order valence-corrected chi connectivity index (χ3v) is 4.73. The van der Waals surface area contributed by atoms with E-state index in [-0.39, 0.29) is 11.3 Å². The van der Waals surface area contributed by atoms with Gasteiger partial charge in [0.25, 0.3) is 5.91 Å². The molecule has 1 amide bonds. The first-order chi connectivity index (χ1) is 14.0. The van der Waals surface area contributed by atoms with Gasteiger partial charge in [0.05, 0.1) is 17.5 Å². The summed E-state index contributed by atoms with van der Waals surface area (Å²) in [7, 11) is 0. The first kappa shape index (κ1) is 20.1. The predicted molar refractivity (Wildman–Crippen MR) is 109 cm³/mol. The summed E-state index contributed by atoms with van der Waals surface area (Å²) in [6, 6.07) is 22.6. The van der Waals surface area contributed by atoms with Crippen LogP contribution in [-0.4, -0.2) is 22.1 Å². The van der Waals surface area contributed by atoms with Crippen molar-refractivity contribution in [3.8, 4) is 5.75 Å². The van der Waals surface area contributed by atoms with Crippen LogP contribution in [0.5, 0.6) is 5.75 Å². The van der Waals surface area contributed by atoms with Crippen molar-refractivity contribution >= 4 is 11.9 Å². The van der Waals surface area contributed by atoms with Gasteiger partial charge in [-0.2, -0.15) is 0 Å². The first-order valence-electron chi connectivity index (χ1n) is 9.19. The van der Waals surface area contributed by atoms with E-state index in [1.54, 1.807) is 31.2 Å². The second kappa shape index (κ2) is 9.03.